The largest absolute Gasteiger partial charge is 0.384 e. The van der Waals surface area contributed by atoms with Crippen LogP contribution in [-0.2, 0) is 11.3 Å². The molecular formula is C20H20Cl3N3O. The van der Waals surface area contributed by atoms with Crippen LogP contribution in [0.3, 0.4) is 0 Å². The van der Waals surface area contributed by atoms with E-state index in [1.54, 1.807) is 13.2 Å². The summed E-state index contributed by atoms with van der Waals surface area (Å²) in [5, 5.41) is 1.89. The van der Waals surface area contributed by atoms with Crippen LogP contribution in [0.25, 0.3) is 11.0 Å². The summed E-state index contributed by atoms with van der Waals surface area (Å²) in [7, 11) is 1.72. The van der Waals surface area contributed by atoms with Crippen LogP contribution in [0, 0.1) is 0 Å². The Labute approximate surface area is 173 Å². The Bertz CT molecular complexity index is 1000. The second-order valence-electron chi connectivity index (χ2n) is 6.85. The molecule has 4 rings (SSSR count). The maximum atomic E-state index is 6.51. The highest BCUT2D eigenvalue weighted by molar-refractivity contribution is 6.36. The van der Waals surface area contributed by atoms with Crippen molar-refractivity contribution in [3.05, 3.63) is 51.0 Å². The normalized spacial score (nSPS) is 15.2. The molecule has 0 spiro atoms. The highest BCUT2D eigenvalue weighted by Gasteiger charge is 2.27. The molecule has 3 aromatic rings. The number of benzene rings is 2. The fourth-order valence-electron chi connectivity index (χ4n) is 3.79. The lowest BCUT2D eigenvalue weighted by Crippen LogP contribution is -2.28. The Morgan fingerprint density at radius 2 is 1.93 bits per heavy atom. The molecule has 0 saturated carbocycles. The lowest BCUT2D eigenvalue weighted by Gasteiger charge is -2.30. The van der Waals surface area contributed by atoms with Crippen LogP contribution in [0.2, 0.25) is 15.1 Å². The monoisotopic (exact) mass is 423 g/mol. The minimum Gasteiger partial charge on any atom is -0.384 e. The van der Waals surface area contributed by atoms with Crippen LogP contribution >= 0.6 is 34.8 Å². The zero-order valence-electron chi connectivity index (χ0n) is 15.2. The van der Waals surface area contributed by atoms with Crippen molar-refractivity contribution in [3.63, 3.8) is 0 Å². The second kappa shape index (κ2) is 7.51. The molecule has 142 valence electrons. The van der Waals surface area contributed by atoms with Crippen molar-refractivity contribution in [3.8, 4) is 0 Å². The molecule has 2 aromatic carbocycles. The Morgan fingerprint density at radius 3 is 2.67 bits per heavy atom. The molecule has 27 heavy (non-hydrogen) atoms. The second-order valence-corrected chi connectivity index (χ2v) is 8.11. The molecule has 0 bridgehead atoms. The van der Waals surface area contributed by atoms with Crippen molar-refractivity contribution in [1.29, 1.82) is 0 Å². The summed E-state index contributed by atoms with van der Waals surface area (Å²) in [5.74, 6) is 1.10. The maximum absolute atomic E-state index is 6.51. The number of imidazole rings is 1. The number of fused-ring (bicyclic) bond motifs is 3. The maximum Gasteiger partial charge on any atom is 0.211 e. The molecular weight excluding hydrogens is 405 g/mol. The third-order valence-electron chi connectivity index (χ3n) is 5.01. The van der Waals surface area contributed by atoms with Crippen LogP contribution < -0.4 is 4.90 Å². The topological polar surface area (TPSA) is 30.3 Å². The highest BCUT2D eigenvalue weighted by Crippen LogP contribution is 2.40. The number of aryl methyl sites for hydroxylation is 1. The van der Waals surface area contributed by atoms with Crippen LogP contribution in [0.5, 0.6) is 0 Å². The Morgan fingerprint density at radius 1 is 1.11 bits per heavy atom. The van der Waals surface area contributed by atoms with Gasteiger partial charge in [-0.05, 0) is 36.2 Å². The predicted octanol–water partition coefficient (Wildman–Crippen LogP) is 6.29. The standard InChI is InChI=1S/C20H20Cl3N3O/c1-12(11-27-2)14-5-6-15(22)18-19(14)26-9-3-8-25(20(26)24-18)17-7-4-13(21)10-16(17)23/h4-7,10,12H,3,8-9,11H2,1-2H3. The first kappa shape index (κ1) is 18.9. The first-order valence-corrected chi connectivity index (χ1v) is 10.0. The average Bonchev–Trinajstić information content (AvgIpc) is 3.03. The Kier molecular flexibility index (Phi) is 5.26. The Hall–Kier alpha value is -1.46. The molecule has 1 atom stereocenters. The van der Waals surface area contributed by atoms with Crippen LogP contribution in [0.4, 0.5) is 11.6 Å². The molecule has 1 unspecified atom stereocenters. The van der Waals surface area contributed by atoms with Gasteiger partial charge in [0.1, 0.15) is 5.52 Å². The third-order valence-corrected chi connectivity index (χ3v) is 5.85. The molecule has 7 heteroatoms. The van der Waals surface area contributed by atoms with Gasteiger partial charge < -0.3 is 14.2 Å². The van der Waals surface area contributed by atoms with Gasteiger partial charge in [-0.25, -0.2) is 4.98 Å². The van der Waals surface area contributed by atoms with Crippen LogP contribution in [0.15, 0.2) is 30.3 Å². The Balaban J connectivity index is 1.91. The van der Waals surface area contributed by atoms with E-state index in [1.807, 2.05) is 18.2 Å². The highest BCUT2D eigenvalue weighted by atomic mass is 35.5. The SMILES string of the molecule is COCC(C)c1ccc(Cl)c2nc3n(c12)CCCN3c1ccc(Cl)cc1Cl. The number of aromatic nitrogens is 2. The van der Waals surface area contributed by atoms with Crippen molar-refractivity contribution >= 4 is 57.5 Å². The summed E-state index contributed by atoms with van der Waals surface area (Å²) in [4.78, 5) is 7.04. The average molecular weight is 425 g/mol. The van der Waals surface area contributed by atoms with Crippen molar-refractivity contribution < 1.29 is 4.74 Å². The van der Waals surface area contributed by atoms with Crippen molar-refractivity contribution in [1.82, 2.24) is 9.55 Å². The summed E-state index contributed by atoms with van der Waals surface area (Å²) >= 11 is 19.1. The van der Waals surface area contributed by atoms with Crippen molar-refractivity contribution in [2.24, 2.45) is 0 Å². The van der Waals surface area contributed by atoms with E-state index in [2.05, 4.69) is 22.5 Å². The van der Waals surface area contributed by atoms with E-state index in [0.717, 1.165) is 42.2 Å². The molecule has 1 aliphatic heterocycles. The lowest BCUT2D eigenvalue weighted by molar-refractivity contribution is 0.184. The van der Waals surface area contributed by atoms with Gasteiger partial charge in [-0.15, -0.1) is 0 Å². The van der Waals surface area contributed by atoms with E-state index in [1.165, 1.54) is 5.56 Å². The summed E-state index contributed by atoms with van der Waals surface area (Å²) in [6.07, 6.45) is 0.988. The van der Waals surface area contributed by atoms with Gasteiger partial charge in [-0.1, -0.05) is 47.8 Å². The first-order valence-electron chi connectivity index (χ1n) is 8.91. The van der Waals surface area contributed by atoms with Gasteiger partial charge in [0.05, 0.1) is 27.9 Å². The van der Waals surface area contributed by atoms with Gasteiger partial charge in [0.25, 0.3) is 0 Å². The fourth-order valence-corrected chi connectivity index (χ4v) is 4.50. The van der Waals surface area contributed by atoms with Gasteiger partial charge in [-0.3, -0.25) is 0 Å². The van der Waals surface area contributed by atoms with E-state index in [0.29, 0.717) is 21.7 Å². The molecule has 0 fully saturated rings. The quantitative estimate of drug-likeness (QED) is 0.493. The predicted molar refractivity (Wildman–Crippen MR) is 113 cm³/mol. The zero-order chi connectivity index (χ0) is 19.1. The molecule has 0 amide bonds. The van der Waals surface area contributed by atoms with Gasteiger partial charge >= 0.3 is 0 Å². The number of hydrogen-bond acceptors (Lipinski definition) is 3. The minimum atomic E-state index is 0.241. The van der Waals surface area contributed by atoms with Crippen molar-refractivity contribution in [2.45, 2.75) is 25.8 Å². The van der Waals surface area contributed by atoms with E-state index >= 15 is 0 Å². The van der Waals surface area contributed by atoms with Gasteiger partial charge in [0.2, 0.25) is 5.95 Å². The molecule has 1 aromatic heterocycles. The third kappa shape index (κ3) is 3.29. The molecule has 0 N–H and O–H groups in total. The van der Waals surface area contributed by atoms with E-state index < -0.39 is 0 Å². The minimum absolute atomic E-state index is 0.241. The van der Waals surface area contributed by atoms with E-state index in [-0.39, 0.29) is 5.92 Å². The molecule has 1 aliphatic rings. The van der Waals surface area contributed by atoms with Gasteiger partial charge in [-0.2, -0.15) is 0 Å². The van der Waals surface area contributed by atoms with Crippen molar-refractivity contribution in [2.75, 3.05) is 25.2 Å². The molecule has 0 saturated heterocycles. The number of halogens is 3. The van der Waals surface area contributed by atoms with Gasteiger partial charge in [0, 0.05) is 31.1 Å². The fraction of sp³-hybridized carbons (Fsp3) is 0.350. The number of anilines is 2. The number of nitrogens with zero attached hydrogens (tertiary/aromatic N) is 3. The molecule has 2 heterocycles. The lowest BCUT2D eigenvalue weighted by atomic mass is 10.00. The molecule has 0 aliphatic carbocycles. The summed E-state index contributed by atoms with van der Waals surface area (Å²) < 4.78 is 7.62. The number of ether oxygens (including phenoxy) is 1. The molecule has 4 nitrogen and oxygen atoms in total. The van der Waals surface area contributed by atoms with Gasteiger partial charge in [0.15, 0.2) is 0 Å². The zero-order valence-corrected chi connectivity index (χ0v) is 17.4. The smallest absolute Gasteiger partial charge is 0.211 e. The summed E-state index contributed by atoms with van der Waals surface area (Å²) in [6.45, 7) is 4.53. The number of rotatable bonds is 4. The van der Waals surface area contributed by atoms with Crippen LogP contribution in [-0.4, -0.2) is 29.8 Å². The molecule has 0 radical (unpaired) electrons. The first-order chi connectivity index (χ1) is 13.0. The summed E-state index contributed by atoms with van der Waals surface area (Å²) in [5.41, 5.74) is 4.00. The number of hydrogen-bond donors (Lipinski definition) is 0. The summed E-state index contributed by atoms with van der Waals surface area (Å²) in [6, 6.07) is 9.56. The van der Waals surface area contributed by atoms with E-state index in [4.69, 9.17) is 44.5 Å². The number of methoxy groups -OCH3 is 1. The van der Waals surface area contributed by atoms with Crippen LogP contribution in [0.1, 0.15) is 24.8 Å². The van der Waals surface area contributed by atoms with E-state index in [9.17, 15) is 0 Å².